The largest absolute Gasteiger partial charge is 0.370 e. The Hall–Kier alpha value is -1.85. The zero-order valence-corrected chi connectivity index (χ0v) is 14.7. The molecule has 3 rings (SSSR count). The number of anilines is 1. The second-order valence-corrected chi connectivity index (χ2v) is 8.46. The Morgan fingerprint density at radius 3 is 2.38 bits per heavy atom. The van der Waals surface area contributed by atoms with E-state index in [1.165, 1.54) is 5.69 Å². The van der Waals surface area contributed by atoms with Gasteiger partial charge in [-0.25, -0.2) is 8.42 Å². The molecule has 24 heavy (non-hydrogen) atoms. The van der Waals surface area contributed by atoms with E-state index in [0.717, 1.165) is 19.5 Å². The monoisotopic (exact) mass is 344 g/mol. The molecule has 0 aliphatic carbocycles. The van der Waals surface area contributed by atoms with Crippen molar-refractivity contribution >= 4 is 15.5 Å². The summed E-state index contributed by atoms with van der Waals surface area (Å²) in [5, 5.41) is 3.48. The third-order valence-electron chi connectivity index (χ3n) is 4.40. The fourth-order valence-electron chi connectivity index (χ4n) is 3.27. The van der Waals surface area contributed by atoms with Crippen LogP contribution in [0.3, 0.4) is 0 Å². The molecule has 1 fully saturated rings. The van der Waals surface area contributed by atoms with Crippen molar-refractivity contribution in [2.24, 2.45) is 0 Å². The summed E-state index contributed by atoms with van der Waals surface area (Å²) in [6.45, 7) is 3.87. The van der Waals surface area contributed by atoms with Gasteiger partial charge in [0.1, 0.15) is 0 Å². The first-order valence-corrected chi connectivity index (χ1v) is 10.0. The Labute approximate surface area is 144 Å². The van der Waals surface area contributed by atoms with Crippen molar-refractivity contribution in [2.45, 2.75) is 30.3 Å². The molecule has 128 valence electrons. The Balaban J connectivity index is 1.55. The van der Waals surface area contributed by atoms with Gasteiger partial charge in [0.25, 0.3) is 0 Å². The maximum Gasteiger partial charge on any atom is 0.179 e. The van der Waals surface area contributed by atoms with Gasteiger partial charge in [-0.05, 0) is 37.6 Å². The van der Waals surface area contributed by atoms with E-state index < -0.39 is 9.84 Å². The van der Waals surface area contributed by atoms with Gasteiger partial charge in [0.05, 0.1) is 10.6 Å². The molecule has 0 aromatic heterocycles. The van der Waals surface area contributed by atoms with Crippen molar-refractivity contribution in [1.82, 2.24) is 5.32 Å². The van der Waals surface area contributed by atoms with Crippen LogP contribution in [0.25, 0.3) is 0 Å². The van der Waals surface area contributed by atoms with E-state index in [0.29, 0.717) is 10.9 Å². The molecule has 1 aliphatic rings. The summed E-state index contributed by atoms with van der Waals surface area (Å²) >= 11 is 0. The number of sulfone groups is 1. The lowest BCUT2D eigenvalue weighted by atomic mass is 10.2. The third kappa shape index (κ3) is 4.16. The van der Waals surface area contributed by atoms with Crippen LogP contribution in [0.5, 0.6) is 0 Å². The molecule has 0 radical (unpaired) electrons. The normalized spacial score (nSPS) is 19.4. The van der Waals surface area contributed by atoms with Gasteiger partial charge in [0, 0.05) is 30.9 Å². The molecule has 0 amide bonds. The molecule has 1 aliphatic heterocycles. The van der Waals surface area contributed by atoms with Crippen molar-refractivity contribution < 1.29 is 8.42 Å². The van der Waals surface area contributed by atoms with E-state index in [-0.39, 0.29) is 11.8 Å². The highest BCUT2D eigenvalue weighted by molar-refractivity contribution is 7.91. The minimum Gasteiger partial charge on any atom is -0.370 e. The second-order valence-electron chi connectivity index (χ2n) is 6.43. The number of nitrogens with zero attached hydrogens (tertiary/aromatic N) is 1. The molecule has 0 spiro atoms. The van der Waals surface area contributed by atoms with Crippen molar-refractivity contribution in [2.75, 3.05) is 23.7 Å². The van der Waals surface area contributed by atoms with Crippen LogP contribution in [0.4, 0.5) is 5.69 Å². The average molecular weight is 344 g/mol. The van der Waals surface area contributed by atoms with Gasteiger partial charge in [0.2, 0.25) is 0 Å². The van der Waals surface area contributed by atoms with E-state index in [9.17, 15) is 8.42 Å². The minimum absolute atomic E-state index is 0.0732. The van der Waals surface area contributed by atoms with E-state index in [1.807, 2.05) is 31.2 Å². The lowest BCUT2D eigenvalue weighted by Crippen LogP contribution is -2.42. The summed E-state index contributed by atoms with van der Waals surface area (Å²) in [7, 11) is -3.24. The fourth-order valence-corrected chi connectivity index (χ4v) is 4.79. The van der Waals surface area contributed by atoms with Crippen molar-refractivity contribution in [3.05, 3.63) is 60.7 Å². The number of hydrogen-bond acceptors (Lipinski definition) is 4. The zero-order valence-electron chi connectivity index (χ0n) is 13.9. The van der Waals surface area contributed by atoms with Crippen LogP contribution in [-0.2, 0) is 9.84 Å². The molecule has 2 unspecified atom stereocenters. The van der Waals surface area contributed by atoms with E-state index in [2.05, 4.69) is 22.3 Å². The summed E-state index contributed by atoms with van der Waals surface area (Å²) in [5.74, 6) is 0.124. The number of hydrogen-bond donors (Lipinski definition) is 1. The molecule has 1 saturated heterocycles. The molecule has 0 saturated carbocycles. The van der Waals surface area contributed by atoms with Gasteiger partial charge in [0.15, 0.2) is 9.84 Å². The summed E-state index contributed by atoms with van der Waals surface area (Å²) in [6.07, 6.45) is 1.03. The number of nitrogens with one attached hydrogen (secondary N) is 1. The molecule has 2 aromatic carbocycles. The Bertz CT molecular complexity index is 747. The Morgan fingerprint density at radius 1 is 1.08 bits per heavy atom. The van der Waals surface area contributed by atoms with Gasteiger partial charge in [-0.3, -0.25) is 0 Å². The minimum atomic E-state index is -3.24. The summed E-state index contributed by atoms with van der Waals surface area (Å²) in [6, 6.07) is 19.3. The van der Waals surface area contributed by atoms with Crippen LogP contribution in [0.2, 0.25) is 0 Å². The maximum atomic E-state index is 12.5. The first kappa shape index (κ1) is 17.0. The van der Waals surface area contributed by atoms with Crippen molar-refractivity contribution in [3.8, 4) is 0 Å². The van der Waals surface area contributed by atoms with Crippen molar-refractivity contribution in [3.63, 3.8) is 0 Å². The van der Waals surface area contributed by atoms with Crippen molar-refractivity contribution in [1.29, 1.82) is 0 Å². The number of benzene rings is 2. The predicted octanol–water partition coefficient (Wildman–Crippen LogP) is 2.72. The quantitative estimate of drug-likeness (QED) is 0.875. The van der Waals surface area contributed by atoms with E-state index in [4.69, 9.17) is 0 Å². The van der Waals surface area contributed by atoms with Crippen LogP contribution in [0, 0.1) is 0 Å². The highest BCUT2D eigenvalue weighted by Gasteiger charge is 2.26. The first-order valence-electron chi connectivity index (χ1n) is 8.38. The van der Waals surface area contributed by atoms with Crippen LogP contribution < -0.4 is 10.2 Å². The SMILES string of the molecule is CC(CS(=O)(=O)c1ccccc1)NC1CCN(c2ccccc2)C1. The van der Waals surface area contributed by atoms with E-state index in [1.54, 1.807) is 24.3 Å². The molecule has 4 nitrogen and oxygen atoms in total. The maximum absolute atomic E-state index is 12.5. The molecule has 5 heteroatoms. The molecule has 0 bridgehead atoms. The van der Waals surface area contributed by atoms with Crippen LogP contribution in [0.15, 0.2) is 65.6 Å². The molecule has 1 N–H and O–H groups in total. The summed E-state index contributed by atoms with van der Waals surface area (Å²) < 4.78 is 24.9. The highest BCUT2D eigenvalue weighted by Crippen LogP contribution is 2.20. The molecule has 2 atom stereocenters. The molecule has 1 heterocycles. The van der Waals surface area contributed by atoms with Gasteiger partial charge in [-0.1, -0.05) is 36.4 Å². The Kier molecular flexibility index (Phi) is 5.21. The average Bonchev–Trinajstić information content (AvgIpc) is 3.04. The molecular formula is C19H24N2O2S. The van der Waals surface area contributed by atoms with E-state index >= 15 is 0 Å². The zero-order chi connectivity index (χ0) is 17.0. The van der Waals surface area contributed by atoms with Gasteiger partial charge < -0.3 is 10.2 Å². The summed E-state index contributed by atoms with van der Waals surface area (Å²) in [5.41, 5.74) is 1.23. The predicted molar refractivity (Wildman–Crippen MR) is 98.2 cm³/mol. The molecular weight excluding hydrogens is 320 g/mol. The second kappa shape index (κ2) is 7.36. The number of rotatable bonds is 6. The Morgan fingerprint density at radius 2 is 1.71 bits per heavy atom. The van der Waals surface area contributed by atoms with Gasteiger partial charge in [-0.2, -0.15) is 0 Å². The fraction of sp³-hybridized carbons (Fsp3) is 0.368. The number of para-hydroxylation sites is 1. The van der Waals surface area contributed by atoms with Crippen LogP contribution >= 0.6 is 0 Å². The summed E-state index contributed by atoms with van der Waals surface area (Å²) in [4.78, 5) is 2.74. The smallest absolute Gasteiger partial charge is 0.179 e. The lowest BCUT2D eigenvalue weighted by molar-refractivity contribution is 0.487. The van der Waals surface area contributed by atoms with Gasteiger partial charge >= 0.3 is 0 Å². The molecule has 2 aromatic rings. The van der Waals surface area contributed by atoms with Crippen LogP contribution in [0.1, 0.15) is 13.3 Å². The third-order valence-corrected chi connectivity index (χ3v) is 6.33. The topological polar surface area (TPSA) is 49.4 Å². The standard InChI is InChI=1S/C19H24N2O2S/c1-16(15-24(22,23)19-10-6-3-7-11-19)20-17-12-13-21(14-17)18-8-4-2-5-9-18/h2-11,16-17,20H,12-15H2,1H3. The van der Waals surface area contributed by atoms with Gasteiger partial charge in [-0.15, -0.1) is 0 Å². The van der Waals surface area contributed by atoms with Crippen LogP contribution in [-0.4, -0.2) is 39.3 Å². The first-order chi connectivity index (χ1) is 11.5. The lowest BCUT2D eigenvalue weighted by Gasteiger charge is -2.21. The highest BCUT2D eigenvalue weighted by atomic mass is 32.2.